The minimum Gasteiger partial charge on any atom is -0.379 e. The van der Waals surface area contributed by atoms with Crippen molar-refractivity contribution in [2.45, 2.75) is 25.0 Å². The molecule has 1 atom stereocenters. The molecule has 0 spiro atoms. The Labute approximate surface area is 129 Å². The van der Waals surface area contributed by atoms with Gasteiger partial charge in [0, 0.05) is 24.8 Å². The van der Waals surface area contributed by atoms with Gasteiger partial charge in [0.25, 0.3) is 5.91 Å². The molecule has 1 aliphatic rings. The normalized spacial score (nSPS) is 22.6. The number of para-hydroxylation sites is 1. The van der Waals surface area contributed by atoms with Gasteiger partial charge in [0.2, 0.25) is 0 Å². The number of amides is 1. The summed E-state index contributed by atoms with van der Waals surface area (Å²) in [6.07, 6.45) is 4.96. The maximum absolute atomic E-state index is 11.4. The number of β-amino-alcohol motifs (C(OH)–C–C–N with tert-alkyl or cyclic N) is 1. The van der Waals surface area contributed by atoms with Crippen molar-refractivity contribution in [3.8, 4) is 5.69 Å². The van der Waals surface area contributed by atoms with E-state index in [-0.39, 0.29) is 6.54 Å². The van der Waals surface area contributed by atoms with Crippen molar-refractivity contribution < 1.29 is 9.90 Å². The number of carbonyl (C=O) groups is 1. The molecule has 1 aliphatic heterocycles. The summed E-state index contributed by atoms with van der Waals surface area (Å²) in [6, 6.07) is 9.88. The second-order valence-corrected chi connectivity index (χ2v) is 5.84. The van der Waals surface area contributed by atoms with Gasteiger partial charge < -0.3 is 10.8 Å². The van der Waals surface area contributed by atoms with Crippen LogP contribution in [0.15, 0.2) is 42.7 Å². The summed E-state index contributed by atoms with van der Waals surface area (Å²) in [6.45, 7) is 1.76. The summed E-state index contributed by atoms with van der Waals surface area (Å²) in [5.74, 6) is -0.641. The Morgan fingerprint density at radius 1 is 1.36 bits per heavy atom. The summed E-state index contributed by atoms with van der Waals surface area (Å²) in [4.78, 5) is 13.4. The third kappa shape index (κ3) is 3.03. The highest BCUT2D eigenvalue weighted by molar-refractivity contribution is 5.83. The van der Waals surface area contributed by atoms with Crippen LogP contribution in [-0.2, 0) is 11.3 Å². The molecule has 0 bridgehead atoms. The number of benzene rings is 1. The molecule has 1 fully saturated rings. The number of primary amides is 1. The first-order chi connectivity index (χ1) is 10.6. The van der Waals surface area contributed by atoms with Crippen LogP contribution in [0.2, 0.25) is 0 Å². The van der Waals surface area contributed by atoms with Gasteiger partial charge in [0.15, 0.2) is 5.60 Å². The summed E-state index contributed by atoms with van der Waals surface area (Å²) >= 11 is 0. The third-order valence-corrected chi connectivity index (χ3v) is 4.07. The maximum atomic E-state index is 11.4. The molecule has 6 heteroatoms. The molecule has 3 rings (SSSR count). The monoisotopic (exact) mass is 300 g/mol. The average molecular weight is 300 g/mol. The molecule has 2 aromatic rings. The van der Waals surface area contributed by atoms with Gasteiger partial charge >= 0.3 is 0 Å². The molecule has 3 N–H and O–H groups in total. The van der Waals surface area contributed by atoms with Crippen LogP contribution in [-0.4, -0.2) is 44.4 Å². The number of hydrogen-bond acceptors (Lipinski definition) is 4. The van der Waals surface area contributed by atoms with Gasteiger partial charge in [-0.3, -0.25) is 9.69 Å². The predicted octanol–water partition coefficient (Wildman–Crippen LogP) is 0.684. The van der Waals surface area contributed by atoms with E-state index >= 15 is 0 Å². The SMILES string of the molecule is NC(=O)[C@@]1(O)CCCN(Cc2cnn(-c3ccccc3)c2)C1. The molecule has 0 radical (unpaired) electrons. The Morgan fingerprint density at radius 3 is 2.86 bits per heavy atom. The molecule has 6 nitrogen and oxygen atoms in total. The number of aromatic nitrogens is 2. The fraction of sp³-hybridized carbons (Fsp3) is 0.375. The number of carbonyl (C=O) groups excluding carboxylic acids is 1. The highest BCUT2D eigenvalue weighted by Gasteiger charge is 2.38. The quantitative estimate of drug-likeness (QED) is 0.870. The van der Waals surface area contributed by atoms with E-state index in [1.165, 1.54) is 0 Å². The summed E-state index contributed by atoms with van der Waals surface area (Å²) in [5.41, 5.74) is 5.94. The van der Waals surface area contributed by atoms with Crippen LogP contribution in [0, 0.1) is 0 Å². The highest BCUT2D eigenvalue weighted by Crippen LogP contribution is 2.22. The molecule has 116 valence electrons. The van der Waals surface area contributed by atoms with Gasteiger partial charge in [-0.05, 0) is 31.5 Å². The molecule has 1 amide bonds. The van der Waals surface area contributed by atoms with E-state index in [2.05, 4.69) is 5.10 Å². The molecule has 1 saturated heterocycles. The van der Waals surface area contributed by atoms with E-state index in [4.69, 9.17) is 5.73 Å². The molecule has 0 saturated carbocycles. The van der Waals surface area contributed by atoms with E-state index in [9.17, 15) is 9.90 Å². The lowest BCUT2D eigenvalue weighted by molar-refractivity contribution is -0.142. The van der Waals surface area contributed by atoms with Crippen LogP contribution < -0.4 is 5.73 Å². The Morgan fingerprint density at radius 2 is 2.14 bits per heavy atom. The fourth-order valence-electron chi connectivity index (χ4n) is 2.88. The van der Waals surface area contributed by atoms with Gasteiger partial charge in [-0.25, -0.2) is 4.68 Å². The summed E-state index contributed by atoms with van der Waals surface area (Å²) < 4.78 is 1.82. The first-order valence-electron chi connectivity index (χ1n) is 7.40. The zero-order valence-electron chi connectivity index (χ0n) is 12.4. The van der Waals surface area contributed by atoms with E-state index in [0.29, 0.717) is 13.0 Å². The highest BCUT2D eigenvalue weighted by atomic mass is 16.3. The van der Waals surface area contributed by atoms with Crippen LogP contribution >= 0.6 is 0 Å². The maximum Gasteiger partial charge on any atom is 0.250 e. The summed E-state index contributed by atoms with van der Waals surface area (Å²) in [7, 11) is 0. The molecule has 1 aromatic carbocycles. The van der Waals surface area contributed by atoms with Crippen LogP contribution in [0.3, 0.4) is 0 Å². The zero-order valence-corrected chi connectivity index (χ0v) is 12.4. The number of hydrogen-bond donors (Lipinski definition) is 2. The van der Waals surface area contributed by atoms with Gasteiger partial charge in [-0.2, -0.15) is 5.10 Å². The van der Waals surface area contributed by atoms with E-state index < -0.39 is 11.5 Å². The molecule has 2 heterocycles. The Kier molecular flexibility index (Phi) is 3.96. The lowest BCUT2D eigenvalue weighted by atomic mass is 9.92. The predicted molar refractivity (Wildman–Crippen MR) is 82.2 cm³/mol. The largest absolute Gasteiger partial charge is 0.379 e. The first kappa shape index (κ1) is 14.7. The number of piperidine rings is 1. The van der Waals surface area contributed by atoms with Crippen molar-refractivity contribution in [2.75, 3.05) is 13.1 Å². The first-order valence-corrected chi connectivity index (χ1v) is 7.40. The van der Waals surface area contributed by atoms with Gasteiger partial charge in [-0.1, -0.05) is 18.2 Å². The van der Waals surface area contributed by atoms with Crippen molar-refractivity contribution in [3.05, 3.63) is 48.3 Å². The molecular formula is C16H20N4O2. The number of aliphatic hydroxyl groups is 1. The van der Waals surface area contributed by atoms with Crippen LogP contribution in [0.1, 0.15) is 18.4 Å². The van der Waals surface area contributed by atoms with Gasteiger partial charge in [0.1, 0.15) is 0 Å². The Hall–Kier alpha value is -2.18. The van der Waals surface area contributed by atoms with Gasteiger partial charge in [-0.15, -0.1) is 0 Å². The molecule has 0 aliphatic carbocycles. The van der Waals surface area contributed by atoms with Crippen molar-refractivity contribution in [3.63, 3.8) is 0 Å². The zero-order chi connectivity index (χ0) is 15.6. The lowest BCUT2D eigenvalue weighted by Gasteiger charge is -2.36. The van der Waals surface area contributed by atoms with Crippen molar-refractivity contribution in [1.29, 1.82) is 0 Å². The minimum absolute atomic E-state index is 0.277. The van der Waals surface area contributed by atoms with Crippen LogP contribution in [0.5, 0.6) is 0 Å². The average Bonchev–Trinajstić information content (AvgIpc) is 2.97. The smallest absolute Gasteiger partial charge is 0.250 e. The number of rotatable bonds is 4. The molecule has 22 heavy (non-hydrogen) atoms. The van der Waals surface area contributed by atoms with Crippen molar-refractivity contribution in [1.82, 2.24) is 14.7 Å². The molecule has 0 unspecified atom stereocenters. The van der Waals surface area contributed by atoms with Crippen molar-refractivity contribution in [2.24, 2.45) is 5.73 Å². The minimum atomic E-state index is -1.41. The number of nitrogens with two attached hydrogens (primary N) is 1. The fourth-order valence-corrected chi connectivity index (χ4v) is 2.88. The number of likely N-dealkylation sites (tertiary alicyclic amines) is 1. The van der Waals surface area contributed by atoms with E-state index in [1.807, 2.05) is 52.3 Å². The standard InChI is InChI=1S/C16H20N4O2/c17-15(21)16(22)7-4-8-19(12-16)10-13-9-18-20(11-13)14-5-2-1-3-6-14/h1-3,5-6,9,11,22H,4,7-8,10,12H2,(H2,17,21)/t16-/m1/s1. The second-order valence-electron chi connectivity index (χ2n) is 5.84. The third-order valence-electron chi connectivity index (χ3n) is 4.07. The summed E-state index contributed by atoms with van der Waals surface area (Å²) in [5, 5.41) is 14.6. The molecule has 1 aromatic heterocycles. The second kappa shape index (κ2) is 5.90. The topological polar surface area (TPSA) is 84.4 Å². The van der Waals surface area contributed by atoms with E-state index in [0.717, 1.165) is 24.2 Å². The Bertz CT molecular complexity index is 655. The van der Waals surface area contributed by atoms with E-state index in [1.54, 1.807) is 0 Å². The molecular weight excluding hydrogens is 280 g/mol. The van der Waals surface area contributed by atoms with Crippen LogP contribution in [0.4, 0.5) is 0 Å². The van der Waals surface area contributed by atoms with Crippen molar-refractivity contribution >= 4 is 5.91 Å². The Balaban J connectivity index is 1.69. The lowest BCUT2D eigenvalue weighted by Crippen LogP contribution is -2.55. The van der Waals surface area contributed by atoms with Gasteiger partial charge in [0.05, 0.1) is 11.9 Å². The number of nitrogens with zero attached hydrogens (tertiary/aromatic N) is 3. The van der Waals surface area contributed by atoms with Crippen LogP contribution in [0.25, 0.3) is 5.69 Å².